The third kappa shape index (κ3) is 3.02. The van der Waals surface area contributed by atoms with Crippen molar-refractivity contribution in [3.8, 4) is 5.75 Å². The Morgan fingerprint density at radius 2 is 2.18 bits per heavy atom. The lowest BCUT2D eigenvalue weighted by Gasteiger charge is -2.20. The summed E-state index contributed by atoms with van der Waals surface area (Å²) in [5.41, 5.74) is 7.50. The lowest BCUT2D eigenvalue weighted by Crippen LogP contribution is -2.20. The van der Waals surface area contributed by atoms with Gasteiger partial charge < -0.3 is 10.5 Å². The Balaban J connectivity index is 2.12. The van der Waals surface area contributed by atoms with E-state index >= 15 is 0 Å². The molecule has 2 N–H and O–H groups in total. The summed E-state index contributed by atoms with van der Waals surface area (Å²) in [6.45, 7) is 4.93. The van der Waals surface area contributed by atoms with Gasteiger partial charge in [0.25, 0.3) is 0 Å². The van der Waals surface area contributed by atoms with E-state index in [1.54, 1.807) is 0 Å². The van der Waals surface area contributed by atoms with Crippen LogP contribution in [0.4, 0.5) is 0 Å². The molecule has 1 aromatic rings. The van der Waals surface area contributed by atoms with Crippen LogP contribution in [0.3, 0.4) is 0 Å². The summed E-state index contributed by atoms with van der Waals surface area (Å²) in [5.74, 6) is 2.29. The third-order valence-corrected chi connectivity index (χ3v) is 4.19. The second kappa shape index (κ2) is 5.40. The summed E-state index contributed by atoms with van der Waals surface area (Å²) >= 11 is 3.54. The number of benzene rings is 1. The molecule has 0 amide bonds. The molecule has 1 aromatic carbocycles. The highest BCUT2D eigenvalue weighted by atomic mass is 79.9. The van der Waals surface area contributed by atoms with Crippen LogP contribution in [0.25, 0.3) is 0 Å². The first-order valence-electron chi connectivity index (χ1n) is 6.31. The molecule has 17 heavy (non-hydrogen) atoms. The van der Waals surface area contributed by atoms with Crippen LogP contribution in [-0.2, 0) is 0 Å². The number of nitrogens with two attached hydrogens (primary N) is 1. The van der Waals surface area contributed by atoms with Gasteiger partial charge in [-0.1, -0.05) is 13.0 Å². The van der Waals surface area contributed by atoms with E-state index in [-0.39, 0.29) is 6.04 Å². The summed E-state index contributed by atoms with van der Waals surface area (Å²) in [5, 5.41) is 0. The Morgan fingerprint density at radius 1 is 1.47 bits per heavy atom. The van der Waals surface area contributed by atoms with Crippen LogP contribution in [0.2, 0.25) is 0 Å². The van der Waals surface area contributed by atoms with E-state index in [0.717, 1.165) is 16.1 Å². The van der Waals surface area contributed by atoms with Gasteiger partial charge in [0.15, 0.2) is 0 Å². The van der Waals surface area contributed by atoms with Crippen molar-refractivity contribution in [3.63, 3.8) is 0 Å². The minimum absolute atomic E-state index is 0.134. The summed E-state index contributed by atoms with van der Waals surface area (Å²) in [6, 6.07) is 6.31. The second-order valence-electron chi connectivity index (χ2n) is 4.85. The summed E-state index contributed by atoms with van der Waals surface area (Å²) in [4.78, 5) is 0. The summed E-state index contributed by atoms with van der Waals surface area (Å²) in [7, 11) is 0. The molecule has 2 nitrogen and oxygen atoms in total. The Bertz CT molecular complexity index is 390. The minimum Gasteiger partial charge on any atom is -0.493 e. The molecule has 0 bridgehead atoms. The van der Waals surface area contributed by atoms with E-state index in [1.165, 1.54) is 18.4 Å². The fourth-order valence-corrected chi connectivity index (χ4v) is 2.73. The van der Waals surface area contributed by atoms with E-state index in [2.05, 4.69) is 35.0 Å². The zero-order valence-electron chi connectivity index (χ0n) is 10.4. The molecule has 1 fully saturated rings. The molecular weight excluding hydrogens is 278 g/mol. The molecule has 2 rings (SSSR count). The fourth-order valence-electron chi connectivity index (χ4n) is 2.22. The van der Waals surface area contributed by atoms with Gasteiger partial charge in [0.2, 0.25) is 0 Å². The molecule has 0 heterocycles. The van der Waals surface area contributed by atoms with Crippen LogP contribution in [0.1, 0.15) is 38.3 Å². The van der Waals surface area contributed by atoms with Crippen molar-refractivity contribution in [3.05, 3.63) is 28.2 Å². The van der Waals surface area contributed by atoms with Gasteiger partial charge in [-0.05, 0) is 65.2 Å². The minimum atomic E-state index is 0.134. The molecule has 0 aromatic heterocycles. The molecule has 1 aliphatic rings. The van der Waals surface area contributed by atoms with Gasteiger partial charge in [0.1, 0.15) is 5.75 Å². The van der Waals surface area contributed by atoms with E-state index in [0.29, 0.717) is 12.5 Å². The van der Waals surface area contributed by atoms with Crippen molar-refractivity contribution in [2.24, 2.45) is 17.6 Å². The average Bonchev–Trinajstić information content (AvgIpc) is 3.14. The fraction of sp³-hybridized carbons (Fsp3) is 0.571. The molecule has 0 radical (unpaired) electrons. The normalized spacial score (nSPS) is 18.8. The molecule has 2 atom stereocenters. The number of hydrogen-bond donors (Lipinski definition) is 1. The first-order chi connectivity index (χ1) is 8.13. The van der Waals surface area contributed by atoms with E-state index in [9.17, 15) is 0 Å². The Kier molecular flexibility index (Phi) is 4.10. The summed E-state index contributed by atoms with van der Waals surface area (Å²) < 4.78 is 6.50. The van der Waals surface area contributed by atoms with Crippen LogP contribution < -0.4 is 10.5 Å². The predicted octanol–water partition coefficient (Wildman–Crippen LogP) is 3.89. The maximum absolute atomic E-state index is 6.31. The molecule has 0 saturated heterocycles. The molecular formula is C14H20BrNO. The zero-order chi connectivity index (χ0) is 12.4. The first-order valence-corrected chi connectivity index (χ1v) is 7.10. The van der Waals surface area contributed by atoms with Gasteiger partial charge in [-0.2, -0.15) is 0 Å². The molecule has 94 valence electrons. The number of rotatable bonds is 5. The van der Waals surface area contributed by atoms with E-state index in [1.807, 2.05) is 13.0 Å². The van der Waals surface area contributed by atoms with Crippen LogP contribution in [0.15, 0.2) is 22.7 Å². The average molecular weight is 298 g/mol. The molecule has 2 unspecified atom stereocenters. The largest absolute Gasteiger partial charge is 0.493 e. The molecule has 0 spiro atoms. The number of halogens is 1. The maximum atomic E-state index is 6.31. The van der Waals surface area contributed by atoms with Crippen molar-refractivity contribution in [2.45, 2.75) is 32.7 Å². The standard InChI is InChI=1S/C14H20BrNO/c1-3-17-13-7-6-11(8-12(13)15)14(16)9(2)10-4-5-10/h6-10,14H,3-5,16H2,1-2H3. The number of hydrogen-bond acceptors (Lipinski definition) is 2. The Labute approximate surface area is 112 Å². The van der Waals surface area contributed by atoms with E-state index < -0.39 is 0 Å². The zero-order valence-corrected chi connectivity index (χ0v) is 12.0. The molecule has 1 aliphatic carbocycles. The van der Waals surface area contributed by atoms with Crippen LogP contribution >= 0.6 is 15.9 Å². The van der Waals surface area contributed by atoms with Crippen LogP contribution in [-0.4, -0.2) is 6.61 Å². The lowest BCUT2D eigenvalue weighted by molar-refractivity contribution is 0.337. The topological polar surface area (TPSA) is 35.2 Å². The highest BCUT2D eigenvalue weighted by Crippen LogP contribution is 2.42. The van der Waals surface area contributed by atoms with Gasteiger partial charge in [-0.15, -0.1) is 0 Å². The smallest absolute Gasteiger partial charge is 0.133 e. The highest BCUT2D eigenvalue weighted by Gasteiger charge is 2.32. The van der Waals surface area contributed by atoms with Crippen molar-refractivity contribution in [2.75, 3.05) is 6.61 Å². The van der Waals surface area contributed by atoms with Crippen molar-refractivity contribution < 1.29 is 4.74 Å². The maximum Gasteiger partial charge on any atom is 0.133 e. The van der Waals surface area contributed by atoms with E-state index in [4.69, 9.17) is 10.5 Å². The monoisotopic (exact) mass is 297 g/mol. The first kappa shape index (κ1) is 12.9. The van der Waals surface area contributed by atoms with Crippen molar-refractivity contribution in [1.82, 2.24) is 0 Å². The Hall–Kier alpha value is -0.540. The van der Waals surface area contributed by atoms with Gasteiger partial charge in [0, 0.05) is 6.04 Å². The van der Waals surface area contributed by atoms with Crippen molar-refractivity contribution >= 4 is 15.9 Å². The van der Waals surface area contributed by atoms with Crippen molar-refractivity contribution in [1.29, 1.82) is 0 Å². The third-order valence-electron chi connectivity index (χ3n) is 3.57. The van der Waals surface area contributed by atoms with Gasteiger partial charge in [-0.3, -0.25) is 0 Å². The molecule has 0 aliphatic heterocycles. The predicted molar refractivity (Wildman–Crippen MR) is 74.1 cm³/mol. The molecule has 1 saturated carbocycles. The summed E-state index contributed by atoms with van der Waals surface area (Å²) in [6.07, 6.45) is 2.68. The SMILES string of the molecule is CCOc1ccc(C(N)C(C)C2CC2)cc1Br. The van der Waals surface area contributed by atoms with Crippen LogP contribution in [0, 0.1) is 11.8 Å². The van der Waals surface area contributed by atoms with Gasteiger partial charge in [0.05, 0.1) is 11.1 Å². The number of ether oxygens (including phenoxy) is 1. The Morgan fingerprint density at radius 3 is 2.71 bits per heavy atom. The van der Waals surface area contributed by atoms with Gasteiger partial charge in [-0.25, -0.2) is 0 Å². The van der Waals surface area contributed by atoms with Crippen LogP contribution in [0.5, 0.6) is 5.75 Å². The molecule has 3 heteroatoms. The second-order valence-corrected chi connectivity index (χ2v) is 5.70. The quantitative estimate of drug-likeness (QED) is 0.895. The lowest BCUT2D eigenvalue weighted by atomic mass is 9.91. The highest BCUT2D eigenvalue weighted by molar-refractivity contribution is 9.10. The van der Waals surface area contributed by atoms with Gasteiger partial charge >= 0.3 is 0 Å².